The van der Waals surface area contributed by atoms with E-state index in [0.29, 0.717) is 21.5 Å². The van der Waals surface area contributed by atoms with Crippen LogP contribution >= 0.6 is 23.1 Å². The fourth-order valence-electron chi connectivity index (χ4n) is 1.16. The molecule has 0 spiro atoms. The van der Waals surface area contributed by atoms with Crippen LogP contribution in [0.2, 0.25) is 0 Å². The van der Waals surface area contributed by atoms with E-state index < -0.39 is 0 Å². The number of carbonyl (C=O) groups is 1. The molecule has 0 fully saturated rings. The molecule has 1 N–H and O–H groups in total. The summed E-state index contributed by atoms with van der Waals surface area (Å²) in [7, 11) is 0. The molecular weight excluding hydrogens is 268 g/mol. The molecule has 0 aliphatic rings. The van der Waals surface area contributed by atoms with E-state index in [1.54, 1.807) is 18.2 Å². The van der Waals surface area contributed by atoms with Crippen molar-refractivity contribution in [2.75, 3.05) is 11.1 Å². The van der Waals surface area contributed by atoms with Crippen LogP contribution in [0.3, 0.4) is 0 Å². The van der Waals surface area contributed by atoms with E-state index in [2.05, 4.69) is 15.5 Å². The molecule has 0 aromatic carbocycles. The highest BCUT2D eigenvalue weighted by Gasteiger charge is 2.07. The molecule has 90 valence electrons. The number of hydrogen-bond donors (Lipinski definition) is 1. The third-order valence-electron chi connectivity index (χ3n) is 1.91. The lowest BCUT2D eigenvalue weighted by Gasteiger charge is -2.02. The molecular formula is C11H8N4OS2. The standard InChI is InChI=1S/C11H8N4OS2/c12-5-7-18-10-4-3-9(14-15-10)13-11(16)8-2-1-6-17-8/h1-4,6H,7H2,(H,13,14,16). The second-order valence-corrected chi connectivity index (χ2v) is 5.08. The molecule has 18 heavy (non-hydrogen) atoms. The van der Waals surface area contributed by atoms with Crippen molar-refractivity contribution >= 4 is 34.8 Å². The van der Waals surface area contributed by atoms with E-state index in [-0.39, 0.29) is 5.91 Å². The van der Waals surface area contributed by atoms with Crippen LogP contribution in [0.1, 0.15) is 9.67 Å². The minimum absolute atomic E-state index is 0.197. The van der Waals surface area contributed by atoms with E-state index in [9.17, 15) is 4.79 Å². The van der Waals surface area contributed by atoms with Crippen molar-refractivity contribution in [3.05, 3.63) is 34.5 Å². The number of anilines is 1. The molecule has 0 saturated carbocycles. The zero-order chi connectivity index (χ0) is 12.8. The first-order valence-corrected chi connectivity index (χ1v) is 6.84. The van der Waals surface area contributed by atoms with Gasteiger partial charge in [-0.2, -0.15) is 5.26 Å². The SMILES string of the molecule is N#CCSc1ccc(NC(=O)c2cccs2)nn1. The van der Waals surface area contributed by atoms with Crippen LogP contribution in [-0.2, 0) is 0 Å². The maximum Gasteiger partial charge on any atom is 0.266 e. The van der Waals surface area contributed by atoms with E-state index in [1.807, 2.05) is 17.5 Å². The molecule has 0 aliphatic heterocycles. The van der Waals surface area contributed by atoms with Gasteiger partial charge in [0.1, 0.15) is 5.03 Å². The summed E-state index contributed by atoms with van der Waals surface area (Å²) in [6.07, 6.45) is 0. The van der Waals surface area contributed by atoms with Gasteiger partial charge in [-0.25, -0.2) is 0 Å². The highest BCUT2D eigenvalue weighted by Crippen LogP contribution is 2.15. The number of nitriles is 1. The van der Waals surface area contributed by atoms with E-state index in [0.717, 1.165) is 0 Å². The molecule has 7 heteroatoms. The summed E-state index contributed by atoms with van der Waals surface area (Å²) in [5, 5.41) is 21.4. The molecule has 2 heterocycles. The van der Waals surface area contributed by atoms with Crippen LogP contribution in [-0.4, -0.2) is 21.9 Å². The second kappa shape index (κ2) is 6.14. The van der Waals surface area contributed by atoms with Gasteiger partial charge in [0, 0.05) is 0 Å². The van der Waals surface area contributed by atoms with Crippen molar-refractivity contribution in [2.45, 2.75) is 5.03 Å². The molecule has 2 aromatic rings. The first kappa shape index (κ1) is 12.5. The van der Waals surface area contributed by atoms with Gasteiger partial charge in [0.25, 0.3) is 5.91 Å². The minimum Gasteiger partial charge on any atom is -0.304 e. The van der Waals surface area contributed by atoms with Gasteiger partial charge in [-0.15, -0.1) is 21.5 Å². The van der Waals surface area contributed by atoms with Gasteiger partial charge in [0.15, 0.2) is 5.82 Å². The average Bonchev–Trinajstić information content (AvgIpc) is 2.92. The van der Waals surface area contributed by atoms with Crippen molar-refractivity contribution in [1.82, 2.24) is 10.2 Å². The molecule has 5 nitrogen and oxygen atoms in total. The number of thioether (sulfide) groups is 1. The summed E-state index contributed by atoms with van der Waals surface area (Å²) in [6, 6.07) is 8.95. The zero-order valence-corrected chi connectivity index (χ0v) is 10.8. The lowest BCUT2D eigenvalue weighted by Crippen LogP contribution is -2.11. The summed E-state index contributed by atoms with van der Waals surface area (Å²) < 4.78 is 0. The predicted molar refractivity (Wildman–Crippen MR) is 70.6 cm³/mol. The molecule has 0 atom stereocenters. The summed E-state index contributed by atoms with van der Waals surface area (Å²) in [4.78, 5) is 12.3. The molecule has 0 aliphatic carbocycles. The fourth-order valence-corrected chi connectivity index (χ4v) is 2.25. The molecule has 1 amide bonds. The third kappa shape index (κ3) is 3.29. The molecule has 0 unspecified atom stereocenters. The second-order valence-electron chi connectivity index (χ2n) is 3.14. The number of thiophene rings is 1. The Labute approximate surface area is 112 Å². The number of amides is 1. The van der Waals surface area contributed by atoms with Crippen LogP contribution in [0.4, 0.5) is 5.82 Å². The zero-order valence-electron chi connectivity index (χ0n) is 9.16. The van der Waals surface area contributed by atoms with Crippen LogP contribution in [0, 0.1) is 11.3 Å². The summed E-state index contributed by atoms with van der Waals surface area (Å²) in [6.45, 7) is 0. The lowest BCUT2D eigenvalue weighted by atomic mass is 10.4. The molecule has 0 bridgehead atoms. The maximum atomic E-state index is 11.7. The van der Waals surface area contributed by atoms with Crippen molar-refractivity contribution < 1.29 is 4.79 Å². The van der Waals surface area contributed by atoms with Gasteiger partial charge < -0.3 is 5.32 Å². The highest BCUT2D eigenvalue weighted by molar-refractivity contribution is 7.99. The van der Waals surface area contributed by atoms with Gasteiger partial charge in [-0.05, 0) is 23.6 Å². The highest BCUT2D eigenvalue weighted by atomic mass is 32.2. The number of carbonyl (C=O) groups excluding carboxylic acids is 1. The Bertz CT molecular complexity index is 560. The number of aromatic nitrogens is 2. The number of nitrogens with one attached hydrogen (secondary N) is 1. The predicted octanol–water partition coefficient (Wildman–Crippen LogP) is 2.41. The number of rotatable bonds is 4. The monoisotopic (exact) mass is 276 g/mol. The summed E-state index contributed by atoms with van der Waals surface area (Å²) in [5.74, 6) is 0.529. The smallest absolute Gasteiger partial charge is 0.266 e. The average molecular weight is 276 g/mol. The van der Waals surface area contributed by atoms with Crippen molar-refractivity contribution in [1.29, 1.82) is 5.26 Å². The topological polar surface area (TPSA) is 78.7 Å². The largest absolute Gasteiger partial charge is 0.304 e. The lowest BCUT2D eigenvalue weighted by molar-refractivity contribution is 0.103. The Kier molecular flexibility index (Phi) is 4.28. The Morgan fingerprint density at radius 2 is 2.33 bits per heavy atom. The Hall–Kier alpha value is -1.91. The van der Waals surface area contributed by atoms with Crippen molar-refractivity contribution in [3.8, 4) is 6.07 Å². The van der Waals surface area contributed by atoms with Crippen LogP contribution < -0.4 is 5.32 Å². The molecule has 0 saturated heterocycles. The first-order chi connectivity index (χ1) is 8.79. The minimum atomic E-state index is -0.197. The molecule has 2 rings (SSSR count). The van der Waals surface area contributed by atoms with E-state index in [1.165, 1.54) is 23.1 Å². The molecule has 2 aromatic heterocycles. The van der Waals surface area contributed by atoms with E-state index >= 15 is 0 Å². The van der Waals surface area contributed by atoms with Gasteiger partial charge in [-0.3, -0.25) is 4.79 Å². The van der Waals surface area contributed by atoms with Gasteiger partial charge in [-0.1, -0.05) is 17.8 Å². The van der Waals surface area contributed by atoms with Crippen molar-refractivity contribution in [2.24, 2.45) is 0 Å². The van der Waals surface area contributed by atoms with Gasteiger partial charge >= 0.3 is 0 Å². The summed E-state index contributed by atoms with van der Waals surface area (Å²) >= 11 is 2.66. The van der Waals surface area contributed by atoms with Crippen LogP contribution in [0.15, 0.2) is 34.7 Å². The van der Waals surface area contributed by atoms with Gasteiger partial charge in [0.05, 0.1) is 16.7 Å². The van der Waals surface area contributed by atoms with Crippen molar-refractivity contribution in [3.63, 3.8) is 0 Å². The summed E-state index contributed by atoms with van der Waals surface area (Å²) in [5.41, 5.74) is 0. The molecule has 0 radical (unpaired) electrons. The normalized spacial score (nSPS) is 9.72. The fraction of sp³-hybridized carbons (Fsp3) is 0.0909. The Balaban J connectivity index is 1.98. The number of nitrogens with zero attached hydrogens (tertiary/aromatic N) is 3. The van der Waals surface area contributed by atoms with Crippen LogP contribution in [0.25, 0.3) is 0 Å². The van der Waals surface area contributed by atoms with Gasteiger partial charge in [0.2, 0.25) is 0 Å². The Morgan fingerprint density at radius 1 is 1.44 bits per heavy atom. The first-order valence-electron chi connectivity index (χ1n) is 4.98. The Morgan fingerprint density at radius 3 is 2.94 bits per heavy atom. The van der Waals surface area contributed by atoms with E-state index in [4.69, 9.17) is 5.26 Å². The van der Waals surface area contributed by atoms with Crippen LogP contribution in [0.5, 0.6) is 0 Å². The quantitative estimate of drug-likeness (QED) is 0.867. The third-order valence-corrected chi connectivity index (χ3v) is 3.57. The maximum absolute atomic E-state index is 11.7. The number of hydrogen-bond acceptors (Lipinski definition) is 6.